The maximum absolute atomic E-state index is 8.73. The van der Waals surface area contributed by atoms with E-state index in [1.165, 1.54) is 0 Å². The van der Waals surface area contributed by atoms with Crippen LogP contribution < -0.4 is 16.6 Å². The van der Waals surface area contributed by atoms with Gasteiger partial charge in [0.1, 0.15) is 17.5 Å². The first-order valence-electron chi connectivity index (χ1n) is 5.35. The highest BCUT2D eigenvalue weighted by Gasteiger charge is 2.05. The summed E-state index contributed by atoms with van der Waals surface area (Å²) in [6.45, 7) is 4.07. The molecule has 1 aromatic rings. The third kappa shape index (κ3) is 4.00. The zero-order valence-electron chi connectivity index (χ0n) is 9.70. The Morgan fingerprint density at radius 3 is 2.75 bits per heavy atom. The van der Waals surface area contributed by atoms with Gasteiger partial charge < -0.3 is 15.8 Å². The summed E-state index contributed by atoms with van der Waals surface area (Å²) in [4.78, 5) is 8.34. The minimum absolute atomic E-state index is 0.213. The Balaban J connectivity index is 2.61. The standard InChI is InChI=1S/C10H19N5O/c1-7(4-3-5-16)12-9-6-10(15-11)14-8(2)13-9/h6-7,16H,3-5,11H2,1-2H3,(H2,12,13,14,15). The van der Waals surface area contributed by atoms with Crippen molar-refractivity contribution in [2.45, 2.75) is 32.7 Å². The van der Waals surface area contributed by atoms with E-state index in [1.807, 2.05) is 13.8 Å². The Morgan fingerprint density at radius 2 is 2.12 bits per heavy atom. The number of aliphatic hydroxyl groups is 1. The second kappa shape index (κ2) is 6.24. The summed E-state index contributed by atoms with van der Waals surface area (Å²) in [5.74, 6) is 7.29. The Morgan fingerprint density at radius 1 is 1.44 bits per heavy atom. The number of nitrogens with two attached hydrogens (primary N) is 1. The van der Waals surface area contributed by atoms with Crippen LogP contribution in [-0.2, 0) is 0 Å². The van der Waals surface area contributed by atoms with Crippen molar-refractivity contribution in [3.8, 4) is 0 Å². The van der Waals surface area contributed by atoms with E-state index in [-0.39, 0.29) is 12.6 Å². The SMILES string of the molecule is Cc1nc(NN)cc(NC(C)CCCO)n1. The van der Waals surface area contributed by atoms with E-state index in [2.05, 4.69) is 20.7 Å². The van der Waals surface area contributed by atoms with Crippen LogP contribution >= 0.6 is 0 Å². The second-order valence-electron chi connectivity index (χ2n) is 3.74. The Labute approximate surface area is 95.3 Å². The molecule has 0 aliphatic heterocycles. The number of hydrogen-bond donors (Lipinski definition) is 4. The van der Waals surface area contributed by atoms with Gasteiger partial charge in [-0.1, -0.05) is 0 Å². The number of rotatable bonds is 6. The highest BCUT2D eigenvalue weighted by Crippen LogP contribution is 2.12. The van der Waals surface area contributed by atoms with Crippen LogP contribution in [0, 0.1) is 6.92 Å². The topological polar surface area (TPSA) is 96.1 Å². The summed E-state index contributed by atoms with van der Waals surface area (Å²) in [7, 11) is 0. The molecular formula is C10H19N5O. The van der Waals surface area contributed by atoms with E-state index >= 15 is 0 Å². The zero-order valence-corrected chi connectivity index (χ0v) is 9.70. The fourth-order valence-corrected chi connectivity index (χ4v) is 1.44. The molecule has 5 N–H and O–H groups in total. The average Bonchev–Trinajstić information content (AvgIpc) is 2.25. The molecule has 0 spiro atoms. The fraction of sp³-hybridized carbons (Fsp3) is 0.600. The van der Waals surface area contributed by atoms with E-state index < -0.39 is 0 Å². The molecule has 1 aromatic heterocycles. The number of aliphatic hydroxyl groups excluding tert-OH is 1. The molecule has 0 saturated carbocycles. The van der Waals surface area contributed by atoms with Crippen molar-refractivity contribution in [3.63, 3.8) is 0 Å². The lowest BCUT2D eigenvalue weighted by atomic mass is 10.2. The van der Waals surface area contributed by atoms with Crippen molar-refractivity contribution >= 4 is 11.6 Å². The van der Waals surface area contributed by atoms with E-state index in [9.17, 15) is 0 Å². The number of aryl methyl sites for hydroxylation is 1. The van der Waals surface area contributed by atoms with Gasteiger partial charge in [0.25, 0.3) is 0 Å². The van der Waals surface area contributed by atoms with Crippen LogP contribution in [0.15, 0.2) is 6.07 Å². The summed E-state index contributed by atoms with van der Waals surface area (Å²) >= 11 is 0. The van der Waals surface area contributed by atoms with E-state index in [4.69, 9.17) is 10.9 Å². The van der Waals surface area contributed by atoms with Crippen LogP contribution in [0.3, 0.4) is 0 Å². The van der Waals surface area contributed by atoms with Crippen LogP contribution in [0.2, 0.25) is 0 Å². The maximum Gasteiger partial charge on any atom is 0.145 e. The number of nitrogens with zero attached hydrogens (tertiary/aromatic N) is 2. The van der Waals surface area contributed by atoms with Gasteiger partial charge in [-0.2, -0.15) is 0 Å². The largest absolute Gasteiger partial charge is 0.396 e. The molecule has 0 bridgehead atoms. The molecule has 1 heterocycles. The van der Waals surface area contributed by atoms with Crippen molar-refractivity contribution in [1.82, 2.24) is 9.97 Å². The van der Waals surface area contributed by atoms with Gasteiger partial charge in [0.05, 0.1) is 0 Å². The zero-order chi connectivity index (χ0) is 12.0. The molecule has 0 aromatic carbocycles. The van der Waals surface area contributed by atoms with Crippen molar-refractivity contribution in [1.29, 1.82) is 0 Å². The van der Waals surface area contributed by atoms with Crippen LogP contribution in [0.5, 0.6) is 0 Å². The number of nitrogen functional groups attached to an aromatic ring is 1. The van der Waals surface area contributed by atoms with Crippen molar-refractivity contribution in [2.75, 3.05) is 17.3 Å². The summed E-state index contributed by atoms with van der Waals surface area (Å²) in [6.07, 6.45) is 1.67. The van der Waals surface area contributed by atoms with Crippen molar-refractivity contribution in [3.05, 3.63) is 11.9 Å². The van der Waals surface area contributed by atoms with E-state index in [0.29, 0.717) is 11.6 Å². The predicted octanol–water partition coefficient (Wildman–Crippen LogP) is 0.644. The van der Waals surface area contributed by atoms with Gasteiger partial charge in [-0.25, -0.2) is 15.8 Å². The monoisotopic (exact) mass is 225 g/mol. The molecule has 16 heavy (non-hydrogen) atoms. The van der Waals surface area contributed by atoms with Gasteiger partial charge >= 0.3 is 0 Å². The van der Waals surface area contributed by atoms with Crippen LogP contribution in [0.25, 0.3) is 0 Å². The predicted molar refractivity (Wildman–Crippen MR) is 64.0 cm³/mol. The van der Waals surface area contributed by atoms with Crippen LogP contribution in [-0.4, -0.2) is 27.7 Å². The summed E-state index contributed by atoms with van der Waals surface area (Å²) in [6, 6.07) is 2.01. The molecular weight excluding hydrogens is 206 g/mol. The molecule has 1 atom stereocenters. The lowest BCUT2D eigenvalue weighted by molar-refractivity contribution is 0.282. The Hall–Kier alpha value is -1.40. The third-order valence-electron chi connectivity index (χ3n) is 2.18. The summed E-state index contributed by atoms with van der Waals surface area (Å²) in [5.41, 5.74) is 2.49. The molecule has 6 nitrogen and oxygen atoms in total. The first-order chi connectivity index (χ1) is 7.65. The normalized spacial score (nSPS) is 12.2. The van der Waals surface area contributed by atoms with Gasteiger partial charge in [-0.05, 0) is 26.7 Å². The van der Waals surface area contributed by atoms with Gasteiger partial charge in [0.15, 0.2) is 0 Å². The highest BCUT2D eigenvalue weighted by atomic mass is 16.2. The quantitative estimate of drug-likeness (QED) is 0.419. The summed E-state index contributed by atoms with van der Waals surface area (Å²) in [5, 5.41) is 12.0. The van der Waals surface area contributed by atoms with Gasteiger partial charge in [0.2, 0.25) is 0 Å². The highest BCUT2D eigenvalue weighted by molar-refractivity contribution is 5.47. The molecule has 0 aliphatic carbocycles. The molecule has 0 aliphatic rings. The first-order valence-corrected chi connectivity index (χ1v) is 5.35. The second-order valence-corrected chi connectivity index (χ2v) is 3.74. The third-order valence-corrected chi connectivity index (χ3v) is 2.18. The smallest absolute Gasteiger partial charge is 0.145 e. The molecule has 1 rings (SSSR count). The van der Waals surface area contributed by atoms with Crippen molar-refractivity contribution < 1.29 is 5.11 Å². The van der Waals surface area contributed by atoms with E-state index in [0.717, 1.165) is 18.7 Å². The van der Waals surface area contributed by atoms with Gasteiger partial charge in [-0.3, -0.25) is 0 Å². The maximum atomic E-state index is 8.73. The lowest BCUT2D eigenvalue weighted by Gasteiger charge is -2.14. The molecule has 90 valence electrons. The number of anilines is 2. The Kier molecular flexibility index (Phi) is 4.94. The molecule has 6 heteroatoms. The Bertz CT molecular complexity index is 331. The van der Waals surface area contributed by atoms with Crippen LogP contribution in [0.4, 0.5) is 11.6 Å². The number of hydrogen-bond acceptors (Lipinski definition) is 6. The number of aromatic nitrogens is 2. The minimum atomic E-state index is 0.213. The van der Waals surface area contributed by atoms with Gasteiger partial charge in [0, 0.05) is 18.7 Å². The molecule has 0 fully saturated rings. The summed E-state index contributed by atoms with van der Waals surface area (Å²) < 4.78 is 0. The molecule has 0 saturated heterocycles. The number of hydrazine groups is 1. The molecule has 1 unspecified atom stereocenters. The first kappa shape index (κ1) is 12.7. The average molecular weight is 225 g/mol. The van der Waals surface area contributed by atoms with Crippen LogP contribution in [0.1, 0.15) is 25.6 Å². The minimum Gasteiger partial charge on any atom is -0.396 e. The van der Waals surface area contributed by atoms with Gasteiger partial charge in [-0.15, -0.1) is 0 Å². The molecule has 0 amide bonds. The van der Waals surface area contributed by atoms with E-state index in [1.54, 1.807) is 6.07 Å². The van der Waals surface area contributed by atoms with Crippen molar-refractivity contribution in [2.24, 2.45) is 5.84 Å². The molecule has 0 radical (unpaired) electrons. The number of nitrogens with one attached hydrogen (secondary N) is 2. The lowest BCUT2D eigenvalue weighted by Crippen LogP contribution is -2.18. The fourth-order valence-electron chi connectivity index (χ4n) is 1.44.